The van der Waals surface area contributed by atoms with Crippen molar-refractivity contribution in [2.45, 2.75) is 57.8 Å². The van der Waals surface area contributed by atoms with Crippen LogP contribution in [-0.2, 0) is 4.79 Å². The van der Waals surface area contributed by atoms with E-state index in [1.165, 1.54) is 37.8 Å². The highest BCUT2D eigenvalue weighted by molar-refractivity contribution is 5.80. The second-order valence-corrected chi connectivity index (χ2v) is 4.80. The van der Waals surface area contributed by atoms with Gasteiger partial charge in [0, 0.05) is 11.6 Å². The van der Waals surface area contributed by atoms with E-state index in [4.69, 9.17) is 0 Å². The minimum absolute atomic E-state index is 0.280. The first-order chi connectivity index (χ1) is 7.36. The van der Waals surface area contributed by atoms with Crippen LogP contribution in [0.4, 0.5) is 0 Å². The van der Waals surface area contributed by atoms with Crippen molar-refractivity contribution in [2.75, 3.05) is 0 Å². The van der Waals surface area contributed by atoms with Gasteiger partial charge >= 0.3 is 0 Å². The lowest BCUT2D eigenvalue weighted by Crippen LogP contribution is -2.31. The fourth-order valence-corrected chi connectivity index (χ4v) is 2.58. The molecule has 0 bridgehead atoms. The third-order valence-electron chi connectivity index (χ3n) is 3.55. The number of nitrogens with one attached hydrogen (secondary N) is 1. The fourth-order valence-electron chi connectivity index (χ4n) is 2.58. The van der Waals surface area contributed by atoms with Crippen LogP contribution in [0.3, 0.4) is 0 Å². The van der Waals surface area contributed by atoms with E-state index < -0.39 is 0 Å². The Bertz CT molecular complexity index is 251. The summed E-state index contributed by atoms with van der Waals surface area (Å²) >= 11 is 0. The quantitative estimate of drug-likeness (QED) is 0.740. The van der Waals surface area contributed by atoms with Gasteiger partial charge in [0.2, 0.25) is 5.91 Å². The molecule has 15 heavy (non-hydrogen) atoms. The maximum atomic E-state index is 11.9. The molecule has 0 unspecified atom stereocenters. The summed E-state index contributed by atoms with van der Waals surface area (Å²) < 4.78 is 0. The van der Waals surface area contributed by atoms with Crippen molar-refractivity contribution in [1.29, 1.82) is 0 Å². The first-order valence-electron chi connectivity index (χ1n) is 6.36. The van der Waals surface area contributed by atoms with Crippen LogP contribution in [0.25, 0.3) is 0 Å². The number of carbonyl (C=O) groups excluding carboxylic acids is 1. The van der Waals surface area contributed by atoms with Gasteiger partial charge in [-0.2, -0.15) is 0 Å². The molecule has 2 nitrogen and oxygen atoms in total. The summed E-state index contributed by atoms with van der Waals surface area (Å²) in [5.74, 6) is 0.574. The standard InChI is InChI=1S/C13H21NO/c15-13(11-7-3-1-4-8-11)14-12-9-5-2-6-10-12/h9,11H,1-8,10H2,(H,14,15). The van der Waals surface area contributed by atoms with E-state index in [9.17, 15) is 4.79 Å². The highest BCUT2D eigenvalue weighted by Crippen LogP contribution is 2.24. The molecule has 1 amide bonds. The molecule has 0 atom stereocenters. The number of rotatable bonds is 2. The van der Waals surface area contributed by atoms with E-state index >= 15 is 0 Å². The predicted octanol–water partition coefficient (Wildman–Crippen LogP) is 3.14. The van der Waals surface area contributed by atoms with Crippen molar-refractivity contribution in [3.63, 3.8) is 0 Å². The van der Waals surface area contributed by atoms with Crippen molar-refractivity contribution in [1.82, 2.24) is 5.32 Å². The zero-order valence-corrected chi connectivity index (χ0v) is 9.43. The monoisotopic (exact) mass is 207 g/mol. The molecular weight excluding hydrogens is 186 g/mol. The third-order valence-corrected chi connectivity index (χ3v) is 3.55. The van der Waals surface area contributed by atoms with Crippen LogP contribution in [0.15, 0.2) is 11.8 Å². The maximum absolute atomic E-state index is 11.9. The number of hydrogen-bond acceptors (Lipinski definition) is 1. The van der Waals surface area contributed by atoms with Gasteiger partial charge in [-0.1, -0.05) is 25.3 Å². The zero-order valence-electron chi connectivity index (χ0n) is 9.43. The Labute approximate surface area is 92.1 Å². The molecule has 2 rings (SSSR count). The van der Waals surface area contributed by atoms with Crippen LogP contribution in [0.1, 0.15) is 57.8 Å². The smallest absolute Gasteiger partial charge is 0.227 e. The van der Waals surface area contributed by atoms with Crippen molar-refractivity contribution in [2.24, 2.45) is 5.92 Å². The number of amides is 1. The highest BCUT2D eigenvalue weighted by atomic mass is 16.1. The van der Waals surface area contributed by atoms with Gasteiger partial charge < -0.3 is 5.32 Å². The van der Waals surface area contributed by atoms with Crippen molar-refractivity contribution >= 4 is 5.91 Å². The summed E-state index contributed by atoms with van der Waals surface area (Å²) in [5, 5.41) is 3.11. The molecule has 0 saturated heterocycles. The summed E-state index contributed by atoms with van der Waals surface area (Å²) in [7, 11) is 0. The summed E-state index contributed by atoms with van der Waals surface area (Å²) in [4.78, 5) is 11.9. The fraction of sp³-hybridized carbons (Fsp3) is 0.769. The van der Waals surface area contributed by atoms with Gasteiger partial charge in [0.1, 0.15) is 0 Å². The molecule has 2 aliphatic rings. The molecule has 0 aliphatic heterocycles. The molecule has 1 saturated carbocycles. The number of hydrogen-bond donors (Lipinski definition) is 1. The zero-order chi connectivity index (χ0) is 10.5. The lowest BCUT2D eigenvalue weighted by atomic mass is 9.88. The van der Waals surface area contributed by atoms with Crippen LogP contribution in [0, 0.1) is 5.92 Å². The van der Waals surface area contributed by atoms with E-state index in [0.717, 1.165) is 25.7 Å². The first-order valence-corrected chi connectivity index (χ1v) is 6.36. The number of allylic oxidation sites excluding steroid dienone is 2. The van der Waals surface area contributed by atoms with Crippen molar-refractivity contribution in [3.8, 4) is 0 Å². The number of carbonyl (C=O) groups is 1. The molecule has 1 fully saturated rings. The van der Waals surface area contributed by atoms with E-state index in [2.05, 4.69) is 11.4 Å². The molecule has 2 aliphatic carbocycles. The van der Waals surface area contributed by atoms with Gasteiger partial charge in [-0.05, 0) is 38.5 Å². The van der Waals surface area contributed by atoms with Crippen LogP contribution in [0.2, 0.25) is 0 Å². The van der Waals surface area contributed by atoms with Gasteiger partial charge in [0.25, 0.3) is 0 Å². The SMILES string of the molecule is O=C(NC1=CCCCC1)C1CCCCC1. The molecule has 0 radical (unpaired) electrons. The summed E-state index contributed by atoms with van der Waals surface area (Å²) in [6.07, 6.45) is 12.9. The van der Waals surface area contributed by atoms with Gasteiger partial charge in [-0.25, -0.2) is 0 Å². The minimum Gasteiger partial charge on any atom is -0.330 e. The molecule has 0 aromatic carbocycles. The molecule has 1 N–H and O–H groups in total. The van der Waals surface area contributed by atoms with Gasteiger partial charge in [0.05, 0.1) is 0 Å². The molecule has 0 aromatic rings. The Morgan fingerprint density at radius 3 is 2.60 bits per heavy atom. The average Bonchev–Trinajstić information content (AvgIpc) is 2.31. The van der Waals surface area contributed by atoms with Gasteiger partial charge in [-0.3, -0.25) is 4.79 Å². The lowest BCUT2D eigenvalue weighted by molar-refractivity contribution is -0.125. The lowest BCUT2D eigenvalue weighted by Gasteiger charge is -2.22. The molecule has 0 heterocycles. The molecule has 84 valence electrons. The third kappa shape index (κ3) is 3.08. The van der Waals surface area contributed by atoms with Gasteiger partial charge in [-0.15, -0.1) is 0 Å². The van der Waals surface area contributed by atoms with Gasteiger partial charge in [0.15, 0.2) is 0 Å². The second-order valence-electron chi connectivity index (χ2n) is 4.80. The summed E-state index contributed by atoms with van der Waals surface area (Å²) in [6, 6.07) is 0. The Kier molecular flexibility index (Phi) is 3.81. The Morgan fingerprint density at radius 1 is 1.13 bits per heavy atom. The molecule has 0 aromatic heterocycles. The normalized spacial score (nSPS) is 23.3. The molecule has 0 spiro atoms. The molecular formula is C13H21NO. The van der Waals surface area contributed by atoms with Crippen LogP contribution in [-0.4, -0.2) is 5.91 Å². The van der Waals surface area contributed by atoms with Crippen molar-refractivity contribution < 1.29 is 4.79 Å². The summed E-state index contributed by atoms with van der Waals surface area (Å²) in [6.45, 7) is 0. The summed E-state index contributed by atoms with van der Waals surface area (Å²) in [5.41, 5.74) is 1.18. The van der Waals surface area contributed by atoms with E-state index in [1.54, 1.807) is 0 Å². The highest BCUT2D eigenvalue weighted by Gasteiger charge is 2.21. The molecule has 2 heteroatoms. The predicted molar refractivity (Wildman–Crippen MR) is 61.3 cm³/mol. The Hall–Kier alpha value is -0.790. The largest absolute Gasteiger partial charge is 0.330 e. The van der Waals surface area contributed by atoms with E-state index in [1.807, 2.05) is 0 Å². The van der Waals surface area contributed by atoms with Crippen molar-refractivity contribution in [3.05, 3.63) is 11.8 Å². The Morgan fingerprint density at radius 2 is 1.93 bits per heavy atom. The topological polar surface area (TPSA) is 29.1 Å². The van der Waals surface area contributed by atoms with Crippen LogP contribution < -0.4 is 5.32 Å². The van der Waals surface area contributed by atoms with E-state index in [0.29, 0.717) is 5.92 Å². The second kappa shape index (κ2) is 5.34. The first kappa shape index (κ1) is 10.7. The average molecular weight is 207 g/mol. The minimum atomic E-state index is 0.280. The Balaban J connectivity index is 1.82. The van der Waals surface area contributed by atoms with E-state index in [-0.39, 0.29) is 5.91 Å². The van der Waals surface area contributed by atoms with Crippen LogP contribution >= 0.6 is 0 Å². The maximum Gasteiger partial charge on any atom is 0.227 e. The van der Waals surface area contributed by atoms with Crippen LogP contribution in [0.5, 0.6) is 0 Å².